The number of nitrogens with one attached hydrogen (secondary N) is 1. The van der Waals surface area contributed by atoms with E-state index >= 15 is 0 Å². The Morgan fingerprint density at radius 3 is 2.59 bits per heavy atom. The zero-order valence-corrected chi connectivity index (χ0v) is 10.3. The lowest BCUT2D eigenvalue weighted by Crippen LogP contribution is -2.34. The highest BCUT2D eigenvalue weighted by Crippen LogP contribution is 2.15. The van der Waals surface area contributed by atoms with Crippen LogP contribution in [0, 0.1) is 0 Å². The molecule has 0 amide bonds. The number of hydrogen-bond donors (Lipinski definition) is 2. The van der Waals surface area contributed by atoms with Gasteiger partial charge in [0, 0.05) is 19.1 Å². The van der Waals surface area contributed by atoms with E-state index in [1.54, 1.807) is 0 Å². The van der Waals surface area contributed by atoms with Crippen LogP contribution >= 0.6 is 0 Å². The summed E-state index contributed by atoms with van der Waals surface area (Å²) < 4.78 is 0. The van der Waals surface area contributed by atoms with Crippen LogP contribution in [0.15, 0.2) is 42.5 Å². The molecule has 0 aliphatic heterocycles. The van der Waals surface area contributed by atoms with Gasteiger partial charge < -0.3 is 11.1 Å². The van der Waals surface area contributed by atoms with Crippen molar-refractivity contribution in [1.82, 2.24) is 5.32 Å². The Balaban J connectivity index is 2.09. The van der Waals surface area contributed by atoms with Gasteiger partial charge in [0.25, 0.3) is 0 Å². The Labute approximate surface area is 103 Å². The number of nitrogens with two attached hydrogens (primary N) is 1. The average Bonchev–Trinajstić information content (AvgIpc) is 2.40. The Hall–Kier alpha value is -1.38. The third kappa shape index (κ3) is 3.05. The summed E-state index contributed by atoms with van der Waals surface area (Å²) in [5, 5.41) is 6.07. The Morgan fingerprint density at radius 1 is 1.12 bits per heavy atom. The van der Waals surface area contributed by atoms with Crippen molar-refractivity contribution in [3.05, 3.63) is 48.0 Å². The fourth-order valence-corrected chi connectivity index (χ4v) is 2.01. The summed E-state index contributed by atoms with van der Waals surface area (Å²) in [6.07, 6.45) is 1.07. The second-order valence-electron chi connectivity index (χ2n) is 4.40. The fourth-order valence-electron chi connectivity index (χ4n) is 2.01. The lowest BCUT2D eigenvalue weighted by molar-refractivity contribution is 0.505. The molecule has 0 saturated heterocycles. The van der Waals surface area contributed by atoms with E-state index < -0.39 is 0 Å². The molecule has 0 spiro atoms. The third-order valence-electron chi connectivity index (χ3n) is 3.19. The summed E-state index contributed by atoms with van der Waals surface area (Å²) >= 11 is 0. The molecule has 0 radical (unpaired) electrons. The highest BCUT2D eigenvalue weighted by molar-refractivity contribution is 5.82. The third-order valence-corrected chi connectivity index (χ3v) is 3.19. The largest absolute Gasteiger partial charge is 0.329 e. The maximum atomic E-state index is 5.68. The first-order valence-corrected chi connectivity index (χ1v) is 6.24. The minimum Gasteiger partial charge on any atom is -0.329 e. The number of hydrogen-bond acceptors (Lipinski definition) is 2. The van der Waals surface area contributed by atoms with E-state index in [1.807, 2.05) is 0 Å². The van der Waals surface area contributed by atoms with Crippen LogP contribution in [-0.4, -0.2) is 12.6 Å². The van der Waals surface area contributed by atoms with Crippen LogP contribution in [0.4, 0.5) is 0 Å². The Bertz CT molecular complexity index is 475. The lowest BCUT2D eigenvalue weighted by atomic mass is 10.1. The van der Waals surface area contributed by atoms with Crippen LogP contribution < -0.4 is 11.1 Å². The van der Waals surface area contributed by atoms with Crippen molar-refractivity contribution < 1.29 is 0 Å². The molecular formula is C15H20N2. The molecule has 0 heterocycles. The maximum Gasteiger partial charge on any atom is 0.0208 e. The molecule has 2 nitrogen and oxygen atoms in total. The van der Waals surface area contributed by atoms with Crippen LogP contribution in [0.25, 0.3) is 10.8 Å². The van der Waals surface area contributed by atoms with Gasteiger partial charge in [-0.2, -0.15) is 0 Å². The second-order valence-corrected chi connectivity index (χ2v) is 4.40. The first-order valence-electron chi connectivity index (χ1n) is 6.24. The molecule has 2 aromatic carbocycles. The van der Waals surface area contributed by atoms with E-state index in [9.17, 15) is 0 Å². The molecule has 0 aliphatic rings. The normalized spacial score (nSPS) is 12.8. The second kappa shape index (κ2) is 5.80. The smallest absolute Gasteiger partial charge is 0.0208 e. The highest BCUT2D eigenvalue weighted by atomic mass is 14.9. The quantitative estimate of drug-likeness (QED) is 0.825. The predicted octanol–water partition coefficient (Wildman–Crippen LogP) is 2.67. The molecule has 90 valence electrons. The van der Waals surface area contributed by atoms with Gasteiger partial charge in [-0.05, 0) is 28.8 Å². The Kier molecular flexibility index (Phi) is 4.13. The number of fused-ring (bicyclic) bond motifs is 1. The molecule has 0 aromatic heterocycles. The first kappa shape index (κ1) is 12.1. The molecule has 17 heavy (non-hydrogen) atoms. The lowest BCUT2D eigenvalue weighted by Gasteiger charge is -2.14. The number of benzene rings is 2. The fraction of sp³-hybridized carbons (Fsp3) is 0.333. The predicted molar refractivity (Wildman–Crippen MR) is 73.9 cm³/mol. The Morgan fingerprint density at radius 2 is 1.88 bits per heavy atom. The minimum atomic E-state index is 0.418. The molecule has 3 N–H and O–H groups in total. The van der Waals surface area contributed by atoms with Gasteiger partial charge in [0.15, 0.2) is 0 Å². The molecule has 0 bridgehead atoms. The first-order chi connectivity index (χ1) is 8.33. The van der Waals surface area contributed by atoms with Gasteiger partial charge in [-0.3, -0.25) is 0 Å². The van der Waals surface area contributed by atoms with Gasteiger partial charge in [0.1, 0.15) is 0 Å². The maximum absolute atomic E-state index is 5.68. The van der Waals surface area contributed by atoms with Crippen LogP contribution in [0.3, 0.4) is 0 Å². The van der Waals surface area contributed by atoms with Crippen molar-refractivity contribution in [2.75, 3.05) is 6.54 Å². The van der Waals surface area contributed by atoms with Crippen molar-refractivity contribution in [2.45, 2.75) is 25.9 Å². The van der Waals surface area contributed by atoms with Gasteiger partial charge in [-0.1, -0.05) is 43.3 Å². The molecule has 0 aliphatic carbocycles. The van der Waals surface area contributed by atoms with Crippen LogP contribution in [0.1, 0.15) is 18.9 Å². The van der Waals surface area contributed by atoms with E-state index in [1.165, 1.54) is 16.3 Å². The van der Waals surface area contributed by atoms with Crippen molar-refractivity contribution in [1.29, 1.82) is 0 Å². The van der Waals surface area contributed by atoms with E-state index in [0.29, 0.717) is 12.6 Å². The zero-order valence-electron chi connectivity index (χ0n) is 10.3. The molecular weight excluding hydrogens is 208 g/mol. The van der Waals surface area contributed by atoms with Crippen molar-refractivity contribution in [3.63, 3.8) is 0 Å². The van der Waals surface area contributed by atoms with E-state index in [4.69, 9.17) is 5.73 Å². The molecule has 2 heteroatoms. The summed E-state index contributed by atoms with van der Waals surface area (Å²) in [7, 11) is 0. The SMILES string of the molecule is CCC(CN)NCc1ccc2ccccc2c1. The van der Waals surface area contributed by atoms with Gasteiger partial charge in [0.05, 0.1) is 0 Å². The van der Waals surface area contributed by atoms with E-state index in [0.717, 1.165) is 13.0 Å². The van der Waals surface area contributed by atoms with E-state index in [2.05, 4.69) is 54.7 Å². The van der Waals surface area contributed by atoms with Gasteiger partial charge in [-0.15, -0.1) is 0 Å². The molecule has 2 aromatic rings. The molecule has 0 fully saturated rings. The van der Waals surface area contributed by atoms with Crippen LogP contribution in [0.2, 0.25) is 0 Å². The topological polar surface area (TPSA) is 38.0 Å². The monoisotopic (exact) mass is 228 g/mol. The minimum absolute atomic E-state index is 0.418. The summed E-state index contributed by atoms with van der Waals surface area (Å²) in [4.78, 5) is 0. The summed E-state index contributed by atoms with van der Waals surface area (Å²) in [6.45, 7) is 3.75. The summed E-state index contributed by atoms with van der Waals surface area (Å²) in [6, 6.07) is 15.5. The molecule has 1 atom stereocenters. The van der Waals surface area contributed by atoms with Gasteiger partial charge >= 0.3 is 0 Å². The molecule has 1 unspecified atom stereocenters. The summed E-state index contributed by atoms with van der Waals surface area (Å²) in [5.41, 5.74) is 6.99. The van der Waals surface area contributed by atoms with Gasteiger partial charge in [-0.25, -0.2) is 0 Å². The van der Waals surface area contributed by atoms with E-state index in [-0.39, 0.29) is 0 Å². The molecule has 0 saturated carbocycles. The average molecular weight is 228 g/mol. The van der Waals surface area contributed by atoms with Crippen molar-refractivity contribution in [3.8, 4) is 0 Å². The standard InChI is InChI=1S/C15H20N2/c1-2-15(10-16)17-11-12-7-8-13-5-3-4-6-14(13)9-12/h3-9,15,17H,2,10-11,16H2,1H3. The van der Waals surface area contributed by atoms with Crippen LogP contribution in [0.5, 0.6) is 0 Å². The van der Waals surface area contributed by atoms with Crippen molar-refractivity contribution in [2.24, 2.45) is 5.73 Å². The highest BCUT2D eigenvalue weighted by Gasteiger charge is 2.02. The van der Waals surface area contributed by atoms with Gasteiger partial charge in [0.2, 0.25) is 0 Å². The van der Waals surface area contributed by atoms with Crippen molar-refractivity contribution >= 4 is 10.8 Å². The zero-order chi connectivity index (χ0) is 12.1. The summed E-state index contributed by atoms with van der Waals surface area (Å²) in [5.74, 6) is 0. The van der Waals surface area contributed by atoms with Crippen LogP contribution in [-0.2, 0) is 6.54 Å². The molecule has 2 rings (SSSR count). The number of rotatable bonds is 5.